The van der Waals surface area contributed by atoms with Gasteiger partial charge in [-0.05, 0) is 197 Å². The van der Waals surface area contributed by atoms with Crippen molar-refractivity contribution >= 4 is 88.0 Å². The molecule has 3 radical (unpaired) electrons. The number of fused-ring (bicyclic) bond motifs is 18. The minimum absolute atomic E-state index is 0. The number of alkyl carbamates (subject to hydrolysis) is 3. The fourth-order valence-electron chi connectivity index (χ4n) is 20.6. The van der Waals surface area contributed by atoms with Gasteiger partial charge in [0.1, 0.15) is 71.5 Å². The van der Waals surface area contributed by atoms with Crippen molar-refractivity contribution < 1.29 is 168 Å². The van der Waals surface area contributed by atoms with E-state index in [9.17, 15) is 43.2 Å². The molecule has 6 unspecified atom stereocenters. The molecule has 39 heteroatoms. The van der Waals surface area contributed by atoms with E-state index in [-0.39, 0.29) is 157 Å². The molecule has 6 aromatic rings. The van der Waals surface area contributed by atoms with Gasteiger partial charge in [0.15, 0.2) is 17.1 Å². The molecule has 24 atom stereocenters. The maximum atomic E-state index is 16.4. The van der Waals surface area contributed by atoms with Gasteiger partial charge in [-0.25, -0.2) is 63.1 Å². The SMILES string of the molecule is COc1ccc2nc3c(nc2c1)O[C@H]1CN(C(=O)[C@H](C(C)(C)C)NC(=O)O[C@@H]2CCC[C@H]2CCC2CC2C3(F)F)[C@H]([C-]=O)[C@@H]1C.COc1ccc2nc3c(nc2c1)O[C@H]1CN(C(=O)[C@H](C(C)(C)C)NC(=O)O[C@@H]2C[C@H]2CCC2CC2C3(F)F)[C@H]([C-]=O)[C@@H]1C.COc1ccc2nc3c(nc2c1)O[C@H]1CN(C(=O)[C@H](C(C)(C)C)NC(=O)O[C@]2(C)C[C@H]2CCC2CC2C3(F)F)[C@H]([C-]=O)[C@@H]1C.[V].[V].[V]. The first-order chi connectivity index (χ1) is 62.3. The third kappa shape index (κ3) is 21.2. The molecule has 3 N–H and O–H groups in total. The summed E-state index contributed by atoms with van der Waals surface area (Å²) >= 11 is 0. The second kappa shape index (κ2) is 39.4. The molecule has 18 rings (SSSR count). The Bertz CT molecular complexity index is 5490. The Morgan fingerprint density at radius 2 is 0.711 bits per heavy atom. The molecule has 135 heavy (non-hydrogen) atoms. The number of amides is 6. The molecular formula is C96H117F6N12O18V3-3. The number of benzene rings is 3. The van der Waals surface area contributed by atoms with E-state index in [0.717, 1.165) is 12.8 Å². The number of carbonyl (C=O) groups excluding carboxylic acids is 9. The Kier molecular flexibility index (Phi) is 30.2. The Morgan fingerprint density at radius 1 is 0.393 bits per heavy atom. The Balaban J connectivity index is 0.000000170. The first-order valence-corrected chi connectivity index (χ1v) is 46.0. The maximum absolute atomic E-state index is 16.4. The summed E-state index contributed by atoms with van der Waals surface area (Å²) in [6, 6.07) is 8.28. The number of ether oxygens (including phenoxy) is 9. The van der Waals surface area contributed by atoms with Gasteiger partial charge in [0.05, 0.1) is 74.1 Å². The summed E-state index contributed by atoms with van der Waals surface area (Å²) in [6.45, 7) is 22.9. The van der Waals surface area contributed by atoms with Gasteiger partial charge in [-0.2, -0.15) is 26.3 Å². The number of nitrogens with zero attached hydrogens (tertiary/aromatic N) is 9. The van der Waals surface area contributed by atoms with E-state index < -0.39 is 183 Å². The molecule has 0 spiro atoms. The first-order valence-electron chi connectivity index (χ1n) is 46.0. The molecule has 6 amide bonds. The van der Waals surface area contributed by atoms with E-state index in [1.54, 1.807) is 117 Å². The topological polar surface area (TPSA) is 360 Å². The molecule has 3 aromatic carbocycles. The van der Waals surface area contributed by atoms with Gasteiger partial charge in [-0.15, -0.1) is 0 Å². The van der Waals surface area contributed by atoms with Crippen LogP contribution in [0.25, 0.3) is 33.1 Å². The van der Waals surface area contributed by atoms with Crippen LogP contribution in [0.5, 0.6) is 34.9 Å². The summed E-state index contributed by atoms with van der Waals surface area (Å²) in [4.78, 5) is 148. The number of hydrogen-bond acceptors (Lipinski definition) is 24. The fraction of sp³-hybridized carbons (Fsp3) is 0.656. The third-order valence-corrected chi connectivity index (χ3v) is 29.5. The van der Waals surface area contributed by atoms with Crippen LogP contribution < -0.4 is 44.4 Å². The van der Waals surface area contributed by atoms with Crippen LogP contribution in [0.1, 0.15) is 197 Å². The van der Waals surface area contributed by atoms with Gasteiger partial charge in [0.2, 0.25) is 35.4 Å². The number of nitrogens with one attached hydrogen (secondary N) is 3. The van der Waals surface area contributed by atoms with Crippen molar-refractivity contribution in [3.05, 3.63) is 71.7 Å². The molecule has 6 bridgehead atoms. The van der Waals surface area contributed by atoms with Gasteiger partial charge in [0, 0.05) is 97.5 Å². The van der Waals surface area contributed by atoms with Crippen LogP contribution in [-0.2, 0) is 116 Å². The van der Waals surface area contributed by atoms with Crippen molar-refractivity contribution in [3.63, 3.8) is 0 Å². The fourth-order valence-corrected chi connectivity index (χ4v) is 20.6. The van der Waals surface area contributed by atoms with Gasteiger partial charge < -0.3 is 87.7 Å². The number of aromatic nitrogens is 6. The van der Waals surface area contributed by atoms with E-state index in [0.29, 0.717) is 111 Å². The minimum atomic E-state index is -3.33. The van der Waals surface area contributed by atoms with Crippen LogP contribution in [0.15, 0.2) is 54.6 Å². The Hall–Kier alpha value is -8.96. The summed E-state index contributed by atoms with van der Waals surface area (Å²) in [7, 11) is 4.48. The van der Waals surface area contributed by atoms with E-state index in [1.807, 2.05) is 46.6 Å². The first kappa shape index (κ1) is 103. The predicted octanol–water partition coefficient (Wildman–Crippen LogP) is 14.3. The van der Waals surface area contributed by atoms with Gasteiger partial charge >= 0.3 is 18.3 Å². The van der Waals surface area contributed by atoms with Gasteiger partial charge in [-0.3, -0.25) is 14.4 Å². The monoisotopic (exact) mass is 1990 g/mol. The second-order valence-corrected chi connectivity index (χ2v) is 41.8. The van der Waals surface area contributed by atoms with Crippen LogP contribution >= 0.6 is 0 Å². The van der Waals surface area contributed by atoms with E-state index >= 15 is 26.3 Å². The normalized spacial score (nSPS) is 33.4. The standard InChI is InChI=1S/C33H41F2N4O6.C32H39F2N4O6.C31H37F2N4O6.3V/c1-17-24(16-40)39-15-26(17)44-29-27(36-22-12-11-20(43-5)14-23(22)37-29)33(34,35)21-13-19(21)10-9-18-7-6-8-25(18)45-31(42)38-28(30(39)41)32(2,3)4;1-16-23(15-39)38-14-24(16)43-27-25(35-21-10-9-19(42-6)12-22(21)36-27)32(33,34)20-11-17(20)7-8-18-13-31(18,5)44-29(41)37-26(28(38)40)30(2,3)4;1-15-22(14-38)37-13-24(15)42-27-25(34-20-9-8-18(41-5)12-21(20)35-27)31(32,33)19-10-16(19)6-7-17-11-23(17)43-29(40)36-26(28(37)39)30(2,3)4;;;/h11-12,14,17-19,21,24-26,28H,6-10,13,15H2,1-5H3,(H,38,42);9-10,12,16-18,20,23-24,26H,7-8,11,13-14H2,1-6H3,(H,37,41);8-9,12,15-17,19,22-24,26H,6-7,10-11,13H2,1-5H3,(H,36,40);;;/q3*-1;;;/t17-,18-,19?,21?,24+,25+,26-,28+;16-,17?,18+,20?,23+,24-,26+,31+;15-,16?,17+,19?,22+,23+,24-,26+;;;/m000.../s1. The molecule has 3 aromatic heterocycles. The van der Waals surface area contributed by atoms with Crippen LogP contribution in [0.4, 0.5) is 40.7 Å². The zero-order valence-corrected chi connectivity index (χ0v) is 82.7. The van der Waals surface area contributed by atoms with Crippen molar-refractivity contribution in [2.45, 2.75) is 270 Å². The largest absolute Gasteiger partial charge is 0.540 e. The van der Waals surface area contributed by atoms with E-state index in [1.165, 1.54) is 36.0 Å². The number of methoxy groups -OCH3 is 3. The van der Waals surface area contributed by atoms with Crippen molar-refractivity contribution in [1.82, 2.24) is 60.6 Å². The zero-order valence-electron chi connectivity index (χ0n) is 78.5. The molecule has 9 fully saturated rings. The third-order valence-electron chi connectivity index (χ3n) is 29.5. The molecule has 6 saturated carbocycles. The quantitative estimate of drug-likeness (QED) is 0.0792. The smallest absolute Gasteiger partial charge is 0.408 e. The van der Waals surface area contributed by atoms with Crippen molar-refractivity contribution in [3.8, 4) is 34.9 Å². The number of rotatable bonds is 6. The average molecular weight is 1990 g/mol. The molecular weight excluding hydrogens is 1880 g/mol. The number of halogens is 6. The zero-order chi connectivity index (χ0) is 94.9. The second-order valence-electron chi connectivity index (χ2n) is 41.8. The molecule has 30 nitrogen and oxygen atoms in total. The predicted molar refractivity (Wildman–Crippen MR) is 465 cm³/mol. The van der Waals surface area contributed by atoms with Crippen molar-refractivity contribution in [2.75, 3.05) is 41.0 Å². The molecule has 6 aliphatic heterocycles. The summed E-state index contributed by atoms with van der Waals surface area (Å²) in [5.74, 6) is -16.2. The van der Waals surface area contributed by atoms with E-state index in [4.69, 9.17) is 42.6 Å². The summed E-state index contributed by atoms with van der Waals surface area (Å²) in [5.41, 5.74) is -2.79. The van der Waals surface area contributed by atoms with Crippen molar-refractivity contribution in [1.29, 1.82) is 0 Å². The Labute approximate surface area is 816 Å². The Morgan fingerprint density at radius 3 is 1.04 bits per heavy atom. The molecule has 729 valence electrons. The van der Waals surface area contributed by atoms with E-state index in [2.05, 4.69) is 45.9 Å². The van der Waals surface area contributed by atoms with Crippen LogP contribution in [0, 0.1) is 87.3 Å². The minimum Gasteiger partial charge on any atom is -0.540 e. The van der Waals surface area contributed by atoms with Gasteiger partial charge in [-0.1, -0.05) is 101 Å². The maximum Gasteiger partial charge on any atom is 0.408 e. The number of alkyl halides is 6. The molecule has 3 saturated heterocycles. The molecule has 6 aliphatic carbocycles. The van der Waals surface area contributed by atoms with Crippen LogP contribution in [0.2, 0.25) is 0 Å². The van der Waals surface area contributed by atoms with Crippen LogP contribution in [-0.4, -0.2) is 213 Å². The summed E-state index contributed by atoms with van der Waals surface area (Å²) in [6.07, 6.45) is 8.76. The number of hydrogen-bond donors (Lipinski definition) is 3. The van der Waals surface area contributed by atoms with Gasteiger partial charge in [0.25, 0.3) is 17.8 Å². The average Bonchev–Trinajstić information content (AvgIpc) is 1.57. The van der Waals surface area contributed by atoms with Crippen molar-refractivity contribution in [2.24, 2.45) is 87.3 Å². The molecule has 9 heterocycles. The number of carbonyl (C=O) groups is 6. The summed E-state index contributed by atoms with van der Waals surface area (Å²) in [5, 5.41) is 8.27. The summed E-state index contributed by atoms with van der Waals surface area (Å²) < 4.78 is 149. The van der Waals surface area contributed by atoms with Crippen LogP contribution in [0.3, 0.4) is 0 Å². The molecule has 12 aliphatic rings.